The van der Waals surface area contributed by atoms with Crippen molar-refractivity contribution < 1.29 is 9.53 Å². The smallest absolute Gasteiger partial charge is 0.227 e. The van der Waals surface area contributed by atoms with E-state index in [9.17, 15) is 4.79 Å². The Labute approximate surface area is 172 Å². The largest absolute Gasteiger partial charge is 0.497 e. The van der Waals surface area contributed by atoms with Crippen molar-refractivity contribution in [3.05, 3.63) is 84.1 Å². The second-order valence-corrected chi connectivity index (χ2v) is 7.52. The van der Waals surface area contributed by atoms with Crippen LogP contribution in [0.5, 0.6) is 5.75 Å². The normalized spacial score (nSPS) is 16.4. The van der Waals surface area contributed by atoms with Gasteiger partial charge in [0, 0.05) is 30.3 Å². The number of hydrogen-bond donors (Lipinski definition) is 0. The zero-order valence-corrected chi connectivity index (χ0v) is 16.8. The molecule has 1 saturated heterocycles. The number of nitrogens with zero attached hydrogens (tertiary/aromatic N) is 2. The average Bonchev–Trinajstić information content (AvgIpc) is 2.80. The Morgan fingerprint density at radius 2 is 1.90 bits per heavy atom. The third-order valence-corrected chi connectivity index (χ3v) is 5.53. The van der Waals surface area contributed by atoms with Crippen LogP contribution in [0.1, 0.15) is 30.0 Å². The predicted molar refractivity (Wildman–Crippen MR) is 115 cm³/mol. The number of ether oxygens (including phenoxy) is 1. The summed E-state index contributed by atoms with van der Waals surface area (Å²) in [6, 6.07) is 24.1. The summed E-state index contributed by atoms with van der Waals surface area (Å²) in [4.78, 5) is 19.7. The Bertz CT molecular complexity index is 971. The monoisotopic (exact) mass is 386 g/mol. The number of benzene rings is 2. The van der Waals surface area contributed by atoms with Gasteiger partial charge in [0.05, 0.1) is 19.2 Å². The molecule has 0 aliphatic carbocycles. The minimum atomic E-state index is 0.199. The van der Waals surface area contributed by atoms with Crippen molar-refractivity contribution in [1.82, 2.24) is 9.88 Å². The topological polar surface area (TPSA) is 42.4 Å². The Morgan fingerprint density at radius 3 is 2.72 bits per heavy atom. The van der Waals surface area contributed by atoms with Gasteiger partial charge in [-0.2, -0.15) is 0 Å². The number of aromatic nitrogens is 1. The summed E-state index contributed by atoms with van der Waals surface area (Å²) in [5, 5.41) is 0. The number of carbonyl (C=O) groups is 1. The van der Waals surface area contributed by atoms with E-state index in [1.807, 2.05) is 65.6 Å². The fourth-order valence-electron chi connectivity index (χ4n) is 3.95. The SMILES string of the molecule is COc1cccc(-c2cccc([C@@H]3CCCN(C(=O)Cc4ccccc4)C3)n2)c1. The van der Waals surface area contributed by atoms with Gasteiger partial charge in [-0.25, -0.2) is 0 Å². The molecule has 4 heteroatoms. The summed E-state index contributed by atoms with van der Waals surface area (Å²) in [6.45, 7) is 1.57. The second kappa shape index (κ2) is 8.91. The molecule has 148 valence electrons. The van der Waals surface area contributed by atoms with E-state index in [4.69, 9.17) is 9.72 Å². The lowest BCUT2D eigenvalue weighted by Crippen LogP contribution is -2.40. The molecule has 0 bridgehead atoms. The fraction of sp³-hybridized carbons (Fsp3) is 0.280. The van der Waals surface area contributed by atoms with Crippen molar-refractivity contribution in [2.24, 2.45) is 0 Å². The van der Waals surface area contributed by atoms with Crippen LogP contribution in [-0.2, 0) is 11.2 Å². The van der Waals surface area contributed by atoms with Gasteiger partial charge in [0.2, 0.25) is 5.91 Å². The van der Waals surface area contributed by atoms with E-state index < -0.39 is 0 Å². The van der Waals surface area contributed by atoms with Gasteiger partial charge in [-0.3, -0.25) is 9.78 Å². The lowest BCUT2D eigenvalue weighted by molar-refractivity contribution is -0.131. The molecule has 0 unspecified atom stereocenters. The first-order valence-corrected chi connectivity index (χ1v) is 10.2. The van der Waals surface area contributed by atoms with Crippen LogP contribution >= 0.6 is 0 Å². The van der Waals surface area contributed by atoms with Crippen molar-refractivity contribution in [3.63, 3.8) is 0 Å². The summed E-state index contributed by atoms with van der Waals surface area (Å²) < 4.78 is 5.34. The van der Waals surface area contributed by atoms with Crippen LogP contribution < -0.4 is 4.74 Å². The number of rotatable bonds is 5. The molecule has 2 heterocycles. The number of hydrogen-bond acceptors (Lipinski definition) is 3. The van der Waals surface area contributed by atoms with Gasteiger partial charge in [-0.15, -0.1) is 0 Å². The van der Waals surface area contributed by atoms with Crippen LogP contribution in [0.2, 0.25) is 0 Å². The lowest BCUT2D eigenvalue weighted by atomic mass is 9.93. The van der Waals surface area contributed by atoms with Crippen molar-refractivity contribution in [3.8, 4) is 17.0 Å². The second-order valence-electron chi connectivity index (χ2n) is 7.52. The quantitative estimate of drug-likeness (QED) is 0.638. The molecule has 2 aromatic carbocycles. The first-order chi connectivity index (χ1) is 14.2. The minimum Gasteiger partial charge on any atom is -0.497 e. The van der Waals surface area contributed by atoms with Gasteiger partial charge in [-0.05, 0) is 42.7 Å². The summed E-state index contributed by atoms with van der Waals surface area (Å²) >= 11 is 0. The average molecular weight is 386 g/mol. The molecular formula is C25H26N2O2. The van der Waals surface area contributed by atoms with Crippen LogP contribution in [0.25, 0.3) is 11.3 Å². The lowest BCUT2D eigenvalue weighted by Gasteiger charge is -2.32. The van der Waals surface area contributed by atoms with Crippen molar-refractivity contribution >= 4 is 5.91 Å². The van der Waals surface area contributed by atoms with Gasteiger partial charge >= 0.3 is 0 Å². The highest BCUT2D eigenvalue weighted by molar-refractivity contribution is 5.79. The third kappa shape index (κ3) is 4.65. The molecule has 1 aromatic heterocycles. The van der Waals surface area contributed by atoms with Crippen molar-refractivity contribution in [2.45, 2.75) is 25.2 Å². The van der Waals surface area contributed by atoms with Crippen LogP contribution in [-0.4, -0.2) is 36.0 Å². The summed E-state index contributed by atoms with van der Waals surface area (Å²) in [6.07, 6.45) is 2.53. The highest BCUT2D eigenvalue weighted by Crippen LogP contribution is 2.29. The molecule has 1 atom stereocenters. The molecule has 1 amide bonds. The molecule has 1 aliphatic rings. The maximum absolute atomic E-state index is 12.8. The molecule has 3 aromatic rings. The number of methoxy groups -OCH3 is 1. The van der Waals surface area contributed by atoms with Crippen LogP contribution in [0.3, 0.4) is 0 Å². The van der Waals surface area contributed by atoms with Gasteiger partial charge < -0.3 is 9.64 Å². The minimum absolute atomic E-state index is 0.199. The fourth-order valence-corrected chi connectivity index (χ4v) is 3.95. The maximum Gasteiger partial charge on any atom is 0.227 e. The van der Waals surface area contributed by atoms with Crippen LogP contribution in [0.15, 0.2) is 72.8 Å². The molecule has 4 rings (SSSR count). The Balaban J connectivity index is 1.49. The van der Waals surface area contributed by atoms with Crippen LogP contribution in [0.4, 0.5) is 0 Å². The molecule has 1 fully saturated rings. The van der Waals surface area contributed by atoms with E-state index in [0.717, 1.165) is 54.2 Å². The summed E-state index contributed by atoms with van der Waals surface area (Å²) in [5.41, 5.74) is 4.11. The first-order valence-electron chi connectivity index (χ1n) is 10.2. The highest BCUT2D eigenvalue weighted by atomic mass is 16.5. The van der Waals surface area contributed by atoms with Gasteiger partial charge in [0.1, 0.15) is 5.75 Å². The third-order valence-electron chi connectivity index (χ3n) is 5.53. The van der Waals surface area contributed by atoms with Crippen molar-refractivity contribution in [1.29, 1.82) is 0 Å². The van der Waals surface area contributed by atoms with Crippen molar-refractivity contribution in [2.75, 3.05) is 20.2 Å². The number of amides is 1. The molecule has 0 spiro atoms. The Morgan fingerprint density at radius 1 is 1.07 bits per heavy atom. The zero-order valence-electron chi connectivity index (χ0n) is 16.8. The Hall–Kier alpha value is -3.14. The zero-order chi connectivity index (χ0) is 20.1. The van der Waals surface area contributed by atoms with E-state index in [1.165, 1.54) is 0 Å². The maximum atomic E-state index is 12.8. The molecule has 1 aliphatic heterocycles. The highest BCUT2D eigenvalue weighted by Gasteiger charge is 2.25. The van der Waals surface area contributed by atoms with Crippen LogP contribution in [0, 0.1) is 0 Å². The molecule has 0 N–H and O–H groups in total. The summed E-state index contributed by atoms with van der Waals surface area (Å²) in [5.74, 6) is 1.30. The molecule has 0 saturated carbocycles. The number of pyridine rings is 1. The van der Waals surface area contributed by atoms with Gasteiger partial charge in [0.15, 0.2) is 0 Å². The molecular weight excluding hydrogens is 360 g/mol. The first kappa shape index (κ1) is 19.2. The molecule has 29 heavy (non-hydrogen) atoms. The van der Waals surface area contributed by atoms with E-state index in [1.54, 1.807) is 7.11 Å². The number of likely N-dealkylation sites (tertiary alicyclic amines) is 1. The summed E-state index contributed by atoms with van der Waals surface area (Å²) in [7, 11) is 1.67. The van der Waals surface area contributed by atoms with Gasteiger partial charge in [-0.1, -0.05) is 48.5 Å². The van der Waals surface area contributed by atoms with Gasteiger partial charge in [0.25, 0.3) is 0 Å². The molecule has 0 radical (unpaired) electrons. The van der Waals surface area contributed by atoms with E-state index >= 15 is 0 Å². The Kier molecular flexibility index (Phi) is 5.89. The van der Waals surface area contributed by atoms with E-state index in [2.05, 4.69) is 12.1 Å². The standard InChI is InChI=1S/C25H26N2O2/c1-29-22-12-5-10-20(17-22)23-13-6-14-24(26-23)21-11-7-15-27(18-21)25(28)16-19-8-3-2-4-9-19/h2-6,8-10,12-14,17,21H,7,11,15-16,18H2,1H3/t21-/m1/s1. The van der Waals surface area contributed by atoms with E-state index in [-0.39, 0.29) is 11.8 Å². The number of piperidine rings is 1. The number of carbonyl (C=O) groups excluding carboxylic acids is 1. The van der Waals surface area contributed by atoms with E-state index in [0.29, 0.717) is 6.42 Å². The molecule has 4 nitrogen and oxygen atoms in total. The predicted octanol–water partition coefficient (Wildman–Crippen LogP) is 4.71.